The summed E-state index contributed by atoms with van der Waals surface area (Å²) in [5, 5.41) is 21.0. The molecule has 0 amide bonds. The van der Waals surface area contributed by atoms with E-state index in [2.05, 4.69) is 11.4 Å². The van der Waals surface area contributed by atoms with Crippen LogP contribution in [-0.2, 0) is 0 Å². The van der Waals surface area contributed by atoms with Gasteiger partial charge in [-0.2, -0.15) is 10.5 Å². The maximum atomic E-state index is 8.78. The van der Waals surface area contributed by atoms with Gasteiger partial charge in [-0.25, -0.2) is 0 Å². The first-order valence-corrected chi connectivity index (χ1v) is 4.94. The van der Waals surface area contributed by atoms with Crippen molar-refractivity contribution in [1.29, 1.82) is 10.5 Å². The molecule has 0 spiro atoms. The van der Waals surface area contributed by atoms with Crippen LogP contribution in [0, 0.1) is 22.7 Å². The highest BCUT2D eigenvalue weighted by Gasteiger charge is 2.07. The molecule has 0 aromatic heterocycles. The third kappa shape index (κ3) is 2.87. The van der Waals surface area contributed by atoms with Crippen molar-refractivity contribution in [3.8, 4) is 12.1 Å². The highest BCUT2D eigenvalue weighted by Crippen LogP contribution is 2.23. The summed E-state index contributed by atoms with van der Waals surface area (Å²) in [6.45, 7) is 1.91. The summed E-state index contributed by atoms with van der Waals surface area (Å²) in [5.41, 5.74) is 1.15. The molecule has 1 N–H and O–H groups in total. The third-order valence-corrected chi connectivity index (χ3v) is 2.32. The van der Waals surface area contributed by atoms with E-state index in [-0.39, 0.29) is 6.04 Å². The van der Waals surface area contributed by atoms with Crippen LogP contribution in [0.2, 0.25) is 5.02 Å². The molecule has 0 saturated heterocycles. The lowest BCUT2D eigenvalue weighted by atomic mass is 10.2. The molecule has 1 atom stereocenters. The number of anilines is 1. The Bertz CT molecular complexity index is 428. The quantitative estimate of drug-likeness (QED) is 0.850. The Morgan fingerprint density at radius 2 is 2.20 bits per heavy atom. The van der Waals surface area contributed by atoms with E-state index < -0.39 is 0 Å². The van der Waals surface area contributed by atoms with Crippen molar-refractivity contribution in [3.63, 3.8) is 0 Å². The van der Waals surface area contributed by atoms with Crippen molar-refractivity contribution in [3.05, 3.63) is 28.8 Å². The zero-order chi connectivity index (χ0) is 11.3. The van der Waals surface area contributed by atoms with Crippen molar-refractivity contribution >= 4 is 17.3 Å². The Morgan fingerprint density at radius 3 is 2.73 bits per heavy atom. The van der Waals surface area contributed by atoms with E-state index in [0.717, 1.165) is 0 Å². The number of hydrogen-bond donors (Lipinski definition) is 1. The van der Waals surface area contributed by atoms with Gasteiger partial charge in [0.1, 0.15) is 6.04 Å². The number of hydrogen-bond acceptors (Lipinski definition) is 3. The second-order valence-corrected chi connectivity index (χ2v) is 3.45. The van der Waals surface area contributed by atoms with Crippen LogP contribution in [0.25, 0.3) is 0 Å². The molecule has 15 heavy (non-hydrogen) atoms. The zero-order valence-corrected chi connectivity index (χ0v) is 9.04. The third-order valence-electron chi connectivity index (χ3n) is 1.99. The molecule has 0 bridgehead atoms. The van der Waals surface area contributed by atoms with Crippen molar-refractivity contribution in [2.75, 3.05) is 5.32 Å². The van der Waals surface area contributed by atoms with Crippen molar-refractivity contribution in [2.45, 2.75) is 19.4 Å². The SMILES string of the molecule is CCC(C#N)Nc1cc(C#N)ccc1Cl. The fourth-order valence-electron chi connectivity index (χ4n) is 1.12. The predicted molar refractivity (Wildman–Crippen MR) is 59.5 cm³/mol. The highest BCUT2D eigenvalue weighted by molar-refractivity contribution is 6.33. The average Bonchev–Trinajstić information content (AvgIpc) is 2.28. The Labute approximate surface area is 93.9 Å². The predicted octanol–water partition coefficient (Wildman–Crippen LogP) is 2.93. The fraction of sp³-hybridized carbons (Fsp3) is 0.273. The first-order chi connectivity index (χ1) is 7.21. The molecule has 0 radical (unpaired) electrons. The summed E-state index contributed by atoms with van der Waals surface area (Å²) < 4.78 is 0. The smallest absolute Gasteiger partial charge is 0.114 e. The van der Waals surface area contributed by atoms with Gasteiger partial charge in [0, 0.05) is 0 Å². The van der Waals surface area contributed by atoms with E-state index in [9.17, 15) is 0 Å². The molecule has 0 fully saturated rings. The van der Waals surface area contributed by atoms with Gasteiger partial charge in [0.05, 0.1) is 28.4 Å². The van der Waals surface area contributed by atoms with Crippen molar-refractivity contribution in [1.82, 2.24) is 0 Å². The van der Waals surface area contributed by atoms with Crippen LogP contribution in [0.4, 0.5) is 5.69 Å². The highest BCUT2D eigenvalue weighted by atomic mass is 35.5. The summed E-state index contributed by atoms with van der Waals surface area (Å²) in [7, 11) is 0. The molecule has 0 saturated carbocycles. The number of halogens is 1. The lowest BCUT2D eigenvalue weighted by Crippen LogP contribution is -2.15. The molecule has 0 aliphatic carbocycles. The van der Waals surface area contributed by atoms with Gasteiger partial charge in [0.2, 0.25) is 0 Å². The van der Waals surface area contributed by atoms with Gasteiger partial charge in [-0.15, -0.1) is 0 Å². The number of nitrogens with zero attached hydrogens (tertiary/aromatic N) is 2. The van der Waals surface area contributed by atoms with Gasteiger partial charge >= 0.3 is 0 Å². The van der Waals surface area contributed by atoms with Gasteiger partial charge in [0.25, 0.3) is 0 Å². The lowest BCUT2D eigenvalue weighted by Gasteiger charge is -2.12. The standard InChI is InChI=1S/C11H10ClN3/c1-2-9(7-14)15-11-5-8(6-13)3-4-10(11)12/h3-5,9,15H,2H2,1H3. The van der Waals surface area contributed by atoms with Gasteiger partial charge in [0.15, 0.2) is 0 Å². The second kappa shape index (κ2) is 5.24. The van der Waals surface area contributed by atoms with E-state index >= 15 is 0 Å². The summed E-state index contributed by atoms with van der Waals surface area (Å²) in [6, 6.07) is 8.78. The molecule has 0 aliphatic heterocycles. The van der Waals surface area contributed by atoms with Crippen LogP contribution in [-0.4, -0.2) is 6.04 Å². The monoisotopic (exact) mass is 219 g/mol. The zero-order valence-electron chi connectivity index (χ0n) is 8.29. The molecular weight excluding hydrogens is 210 g/mol. The minimum atomic E-state index is -0.281. The molecule has 1 rings (SSSR count). The summed E-state index contributed by atoms with van der Waals surface area (Å²) in [6.07, 6.45) is 0.684. The summed E-state index contributed by atoms with van der Waals surface area (Å²) >= 11 is 5.93. The van der Waals surface area contributed by atoms with E-state index in [1.807, 2.05) is 13.0 Å². The van der Waals surface area contributed by atoms with Crippen LogP contribution in [0.1, 0.15) is 18.9 Å². The molecule has 1 aromatic rings. The normalized spacial score (nSPS) is 11.2. The van der Waals surface area contributed by atoms with E-state index in [1.165, 1.54) is 0 Å². The molecular formula is C11H10ClN3. The van der Waals surface area contributed by atoms with Gasteiger partial charge in [-0.3, -0.25) is 0 Å². The molecule has 0 aliphatic rings. The van der Waals surface area contributed by atoms with E-state index in [1.54, 1.807) is 18.2 Å². The van der Waals surface area contributed by atoms with E-state index in [4.69, 9.17) is 22.1 Å². The van der Waals surface area contributed by atoms with Gasteiger partial charge in [-0.05, 0) is 24.6 Å². The minimum Gasteiger partial charge on any atom is -0.369 e. The lowest BCUT2D eigenvalue weighted by molar-refractivity contribution is 0.845. The summed E-state index contributed by atoms with van der Waals surface area (Å²) in [4.78, 5) is 0. The Morgan fingerprint density at radius 1 is 1.47 bits per heavy atom. The first-order valence-electron chi connectivity index (χ1n) is 4.57. The number of rotatable bonds is 3. The molecule has 4 heteroatoms. The Hall–Kier alpha value is -1.71. The molecule has 76 valence electrons. The number of nitrogens with one attached hydrogen (secondary N) is 1. The summed E-state index contributed by atoms with van der Waals surface area (Å²) in [5.74, 6) is 0. The van der Waals surface area contributed by atoms with Crippen LogP contribution in [0.15, 0.2) is 18.2 Å². The van der Waals surface area contributed by atoms with Crippen LogP contribution >= 0.6 is 11.6 Å². The Kier molecular flexibility index (Phi) is 3.97. The van der Waals surface area contributed by atoms with Crippen LogP contribution in [0.5, 0.6) is 0 Å². The minimum absolute atomic E-state index is 0.281. The average molecular weight is 220 g/mol. The van der Waals surface area contributed by atoms with Gasteiger partial charge < -0.3 is 5.32 Å². The van der Waals surface area contributed by atoms with Gasteiger partial charge in [-0.1, -0.05) is 18.5 Å². The molecule has 0 heterocycles. The molecule has 1 unspecified atom stereocenters. The van der Waals surface area contributed by atoms with Crippen LogP contribution in [0.3, 0.4) is 0 Å². The van der Waals surface area contributed by atoms with Crippen molar-refractivity contribution in [2.24, 2.45) is 0 Å². The second-order valence-electron chi connectivity index (χ2n) is 3.04. The van der Waals surface area contributed by atoms with E-state index in [0.29, 0.717) is 22.7 Å². The van der Waals surface area contributed by atoms with Crippen molar-refractivity contribution < 1.29 is 0 Å². The maximum Gasteiger partial charge on any atom is 0.114 e. The molecule has 1 aromatic carbocycles. The number of benzene rings is 1. The van der Waals surface area contributed by atoms with Crippen LogP contribution < -0.4 is 5.32 Å². The maximum absolute atomic E-state index is 8.78. The number of nitriles is 2. The topological polar surface area (TPSA) is 59.6 Å². The fourth-order valence-corrected chi connectivity index (χ4v) is 1.29. The largest absolute Gasteiger partial charge is 0.369 e. The Balaban J connectivity index is 2.95. The first kappa shape index (κ1) is 11.4. The molecule has 3 nitrogen and oxygen atoms in total.